The highest BCUT2D eigenvalue weighted by atomic mass is 32.2. The van der Waals surface area contributed by atoms with E-state index in [4.69, 9.17) is 4.42 Å². The summed E-state index contributed by atoms with van der Waals surface area (Å²) in [4.78, 5) is 4.39. The van der Waals surface area contributed by atoms with Crippen LogP contribution in [0.1, 0.15) is 29.9 Å². The molecule has 0 aliphatic heterocycles. The average Bonchev–Trinajstić information content (AvgIpc) is 3.16. The summed E-state index contributed by atoms with van der Waals surface area (Å²) in [6, 6.07) is 10.7. The largest absolute Gasteiger partial charge is 0.418 e. The van der Waals surface area contributed by atoms with E-state index in [9.17, 15) is 8.42 Å². The number of rotatable bonds is 5. The summed E-state index contributed by atoms with van der Waals surface area (Å²) >= 11 is 0. The third-order valence-corrected chi connectivity index (χ3v) is 5.79. The number of hydrogen-bond donors (Lipinski definition) is 1. The van der Waals surface area contributed by atoms with Crippen LogP contribution in [0.5, 0.6) is 0 Å². The second kappa shape index (κ2) is 6.97. The molecule has 0 saturated heterocycles. The molecular weight excluding hydrogens is 352 g/mol. The maximum atomic E-state index is 12.6. The van der Waals surface area contributed by atoms with Gasteiger partial charge in [0.05, 0.1) is 11.4 Å². The predicted octanol–water partition coefficient (Wildman–Crippen LogP) is 2.49. The van der Waals surface area contributed by atoms with E-state index < -0.39 is 10.0 Å². The maximum absolute atomic E-state index is 12.6. The summed E-state index contributed by atoms with van der Waals surface area (Å²) in [6.45, 7) is -0.0702. The number of aryl methyl sites for hydroxylation is 2. The van der Waals surface area contributed by atoms with E-state index in [1.165, 1.54) is 5.56 Å². The number of pyridine rings is 1. The topological polar surface area (TPSA) is 98.0 Å². The van der Waals surface area contributed by atoms with Crippen LogP contribution in [0.15, 0.2) is 51.9 Å². The first-order chi connectivity index (χ1) is 12.6. The van der Waals surface area contributed by atoms with Gasteiger partial charge in [-0.1, -0.05) is 12.1 Å². The Morgan fingerprint density at radius 3 is 2.69 bits per heavy atom. The molecule has 134 valence electrons. The summed E-state index contributed by atoms with van der Waals surface area (Å²) in [6.07, 6.45) is 5.82. The molecule has 1 N–H and O–H groups in total. The van der Waals surface area contributed by atoms with Crippen LogP contribution in [0.25, 0.3) is 11.6 Å². The third-order valence-electron chi connectivity index (χ3n) is 4.39. The van der Waals surface area contributed by atoms with Crippen molar-refractivity contribution >= 4 is 10.0 Å². The highest BCUT2D eigenvalue weighted by Crippen LogP contribution is 2.24. The van der Waals surface area contributed by atoms with Crippen molar-refractivity contribution < 1.29 is 12.8 Å². The molecule has 0 saturated carbocycles. The van der Waals surface area contributed by atoms with Crippen LogP contribution < -0.4 is 4.72 Å². The van der Waals surface area contributed by atoms with Crippen molar-refractivity contribution in [3.05, 3.63) is 59.6 Å². The molecule has 0 atom stereocenters. The lowest BCUT2D eigenvalue weighted by Gasteiger charge is -2.16. The second-order valence-corrected chi connectivity index (χ2v) is 7.95. The van der Waals surface area contributed by atoms with Gasteiger partial charge in [0.1, 0.15) is 5.69 Å². The SMILES string of the molecule is O=S(=O)(NCc1nnc(-c2ccccn2)o1)c1ccc2c(c1)CCCC2. The Bertz CT molecular complexity index is 1020. The Morgan fingerprint density at radius 2 is 1.88 bits per heavy atom. The molecule has 0 bridgehead atoms. The Morgan fingerprint density at radius 1 is 1.04 bits per heavy atom. The van der Waals surface area contributed by atoms with Crippen molar-refractivity contribution in [3.63, 3.8) is 0 Å². The van der Waals surface area contributed by atoms with Crippen LogP contribution in [0, 0.1) is 0 Å². The summed E-state index contributed by atoms with van der Waals surface area (Å²) in [7, 11) is -3.64. The third kappa shape index (κ3) is 3.51. The van der Waals surface area contributed by atoms with Gasteiger partial charge in [-0.05, 0) is 61.1 Å². The van der Waals surface area contributed by atoms with Crippen molar-refractivity contribution in [2.45, 2.75) is 37.1 Å². The number of nitrogens with zero attached hydrogens (tertiary/aromatic N) is 3. The summed E-state index contributed by atoms with van der Waals surface area (Å²) < 4.78 is 33.1. The lowest BCUT2D eigenvalue weighted by molar-refractivity contribution is 0.493. The molecular formula is C18H18N4O3S. The first-order valence-electron chi connectivity index (χ1n) is 8.47. The average molecular weight is 370 g/mol. The molecule has 2 aromatic heterocycles. The standard InChI is InChI=1S/C18H18N4O3S/c23-26(24,15-9-8-13-5-1-2-6-14(13)11-15)20-12-17-21-22-18(25-17)16-7-3-4-10-19-16/h3-4,7-11,20H,1-2,5-6,12H2. The number of sulfonamides is 1. The normalized spacial score (nSPS) is 14.2. The fourth-order valence-electron chi connectivity index (χ4n) is 3.03. The first-order valence-corrected chi connectivity index (χ1v) is 9.95. The fraction of sp³-hybridized carbons (Fsp3) is 0.278. The van der Waals surface area contributed by atoms with Crippen molar-refractivity contribution in [1.82, 2.24) is 19.9 Å². The molecule has 26 heavy (non-hydrogen) atoms. The van der Waals surface area contributed by atoms with E-state index in [2.05, 4.69) is 19.9 Å². The quantitative estimate of drug-likeness (QED) is 0.741. The van der Waals surface area contributed by atoms with Crippen LogP contribution in [0.3, 0.4) is 0 Å². The van der Waals surface area contributed by atoms with Gasteiger partial charge in [-0.25, -0.2) is 13.1 Å². The summed E-state index contributed by atoms with van der Waals surface area (Å²) in [5.41, 5.74) is 2.91. The molecule has 8 heteroatoms. The van der Waals surface area contributed by atoms with Crippen LogP contribution in [0.4, 0.5) is 0 Å². The van der Waals surface area contributed by atoms with Gasteiger partial charge in [-0.2, -0.15) is 0 Å². The minimum atomic E-state index is -3.64. The minimum absolute atomic E-state index is 0.0702. The monoisotopic (exact) mass is 370 g/mol. The number of benzene rings is 1. The molecule has 1 aliphatic rings. The van der Waals surface area contributed by atoms with Crippen molar-refractivity contribution in [3.8, 4) is 11.6 Å². The molecule has 0 amide bonds. The van der Waals surface area contributed by atoms with Crippen LogP contribution >= 0.6 is 0 Å². The molecule has 2 heterocycles. The zero-order valence-electron chi connectivity index (χ0n) is 14.1. The van der Waals surface area contributed by atoms with Gasteiger partial charge in [0.2, 0.25) is 15.9 Å². The molecule has 1 aliphatic carbocycles. The molecule has 0 fully saturated rings. The van der Waals surface area contributed by atoms with Gasteiger partial charge in [0.25, 0.3) is 5.89 Å². The molecule has 0 unspecified atom stereocenters. The molecule has 0 radical (unpaired) electrons. The zero-order valence-corrected chi connectivity index (χ0v) is 14.9. The second-order valence-electron chi connectivity index (χ2n) is 6.18. The Hall–Kier alpha value is -2.58. The van der Waals surface area contributed by atoms with Crippen LogP contribution in [-0.2, 0) is 29.4 Å². The Labute approximate surface area is 151 Å². The van der Waals surface area contributed by atoms with Crippen molar-refractivity contribution in [2.75, 3.05) is 0 Å². The van der Waals surface area contributed by atoms with Crippen LogP contribution in [-0.4, -0.2) is 23.6 Å². The highest BCUT2D eigenvalue weighted by molar-refractivity contribution is 7.89. The van der Waals surface area contributed by atoms with E-state index >= 15 is 0 Å². The highest BCUT2D eigenvalue weighted by Gasteiger charge is 2.19. The molecule has 0 spiro atoms. The van der Waals surface area contributed by atoms with E-state index in [-0.39, 0.29) is 23.2 Å². The van der Waals surface area contributed by atoms with Gasteiger partial charge in [-0.15, -0.1) is 10.2 Å². The number of fused-ring (bicyclic) bond motifs is 1. The number of nitrogens with one attached hydrogen (secondary N) is 1. The van der Waals surface area contributed by atoms with E-state index in [1.54, 1.807) is 30.5 Å². The molecule has 7 nitrogen and oxygen atoms in total. The maximum Gasteiger partial charge on any atom is 0.266 e. The van der Waals surface area contributed by atoms with Crippen molar-refractivity contribution in [2.24, 2.45) is 0 Å². The molecule has 1 aromatic carbocycles. The Kier molecular flexibility index (Phi) is 4.52. The molecule has 3 aromatic rings. The summed E-state index contributed by atoms with van der Waals surface area (Å²) in [5, 5.41) is 7.78. The van der Waals surface area contributed by atoms with E-state index in [0.29, 0.717) is 5.69 Å². The van der Waals surface area contributed by atoms with Crippen LogP contribution in [0.2, 0.25) is 0 Å². The first kappa shape index (κ1) is 16.9. The predicted molar refractivity (Wildman–Crippen MR) is 94.6 cm³/mol. The summed E-state index contributed by atoms with van der Waals surface area (Å²) in [5.74, 6) is 0.445. The van der Waals surface area contributed by atoms with Gasteiger partial charge >= 0.3 is 0 Å². The van der Waals surface area contributed by atoms with Gasteiger partial charge in [0.15, 0.2) is 0 Å². The van der Waals surface area contributed by atoms with Crippen molar-refractivity contribution in [1.29, 1.82) is 0 Å². The van der Waals surface area contributed by atoms with E-state index in [1.807, 2.05) is 12.1 Å². The van der Waals surface area contributed by atoms with Gasteiger partial charge in [-0.3, -0.25) is 4.98 Å². The zero-order chi connectivity index (χ0) is 18.0. The Balaban J connectivity index is 1.48. The smallest absolute Gasteiger partial charge is 0.266 e. The molecule has 4 rings (SSSR count). The van der Waals surface area contributed by atoms with Gasteiger partial charge in [0, 0.05) is 6.20 Å². The lowest BCUT2D eigenvalue weighted by atomic mass is 9.92. The minimum Gasteiger partial charge on any atom is -0.418 e. The number of aromatic nitrogens is 3. The fourth-order valence-corrected chi connectivity index (χ4v) is 4.06. The van der Waals surface area contributed by atoms with E-state index in [0.717, 1.165) is 31.2 Å². The lowest BCUT2D eigenvalue weighted by Crippen LogP contribution is -2.23. The number of hydrogen-bond acceptors (Lipinski definition) is 6. The van der Waals surface area contributed by atoms with Gasteiger partial charge < -0.3 is 4.42 Å².